The Labute approximate surface area is 222 Å². The van der Waals surface area contributed by atoms with E-state index < -0.39 is 5.60 Å². The Kier molecular flexibility index (Phi) is 27.1. The highest BCUT2D eigenvalue weighted by Crippen LogP contribution is 2.06. The van der Waals surface area contributed by atoms with Gasteiger partial charge in [0.2, 0.25) is 0 Å². The molecular formula is C25H51NO11. The number of hydrogen-bond acceptors (Lipinski definition) is 11. The van der Waals surface area contributed by atoms with Crippen LogP contribution in [-0.4, -0.2) is 136 Å². The predicted molar refractivity (Wildman–Crippen MR) is 137 cm³/mol. The largest absolute Gasteiger partial charge is 0.444 e. The lowest BCUT2D eigenvalue weighted by Crippen LogP contribution is -2.33. The summed E-state index contributed by atoms with van der Waals surface area (Å²) in [6, 6.07) is 0. The number of ether oxygens (including phenoxy) is 9. The Morgan fingerprint density at radius 2 is 0.865 bits per heavy atom. The molecule has 1 amide bonds. The first-order valence-corrected chi connectivity index (χ1v) is 13.2. The van der Waals surface area contributed by atoms with E-state index in [9.17, 15) is 4.79 Å². The molecular weight excluding hydrogens is 490 g/mol. The average Bonchev–Trinajstić information content (AvgIpc) is 2.84. The molecule has 222 valence electrons. The first kappa shape index (κ1) is 35.9. The third-order valence-corrected chi connectivity index (χ3v) is 4.22. The minimum atomic E-state index is -0.477. The third kappa shape index (κ3) is 32.9. The van der Waals surface area contributed by atoms with E-state index in [0.717, 1.165) is 12.8 Å². The molecule has 2 N–H and O–H groups in total. The summed E-state index contributed by atoms with van der Waals surface area (Å²) >= 11 is 0. The lowest BCUT2D eigenvalue weighted by molar-refractivity contribution is -0.0238. The summed E-state index contributed by atoms with van der Waals surface area (Å²) in [5.74, 6) is 0. The van der Waals surface area contributed by atoms with Gasteiger partial charge in [0, 0.05) is 13.2 Å². The molecule has 0 saturated heterocycles. The van der Waals surface area contributed by atoms with Crippen LogP contribution in [0.25, 0.3) is 0 Å². The van der Waals surface area contributed by atoms with E-state index in [2.05, 4.69) is 5.32 Å². The van der Waals surface area contributed by atoms with Crippen LogP contribution in [0.4, 0.5) is 4.79 Å². The number of carbonyl (C=O) groups is 1. The van der Waals surface area contributed by atoms with Crippen LogP contribution in [0.15, 0.2) is 0 Å². The van der Waals surface area contributed by atoms with Crippen molar-refractivity contribution in [2.75, 3.05) is 119 Å². The lowest BCUT2D eigenvalue weighted by atomic mass is 10.2. The first-order chi connectivity index (χ1) is 18.0. The maximum absolute atomic E-state index is 11.5. The molecule has 0 spiro atoms. The zero-order valence-corrected chi connectivity index (χ0v) is 23.2. The highest BCUT2D eigenvalue weighted by molar-refractivity contribution is 5.67. The van der Waals surface area contributed by atoms with Crippen molar-refractivity contribution in [2.24, 2.45) is 0 Å². The van der Waals surface area contributed by atoms with Crippen LogP contribution >= 0.6 is 0 Å². The highest BCUT2D eigenvalue weighted by Gasteiger charge is 2.15. The number of hydrogen-bond donors (Lipinski definition) is 2. The van der Waals surface area contributed by atoms with Gasteiger partial charge in [0.05, 0.1) is 106 Å². The Morgan fingerprint density at radius 3 is 1.19 bits per heavy atom. The topological polar surface area (TPSA) is 132 Å². The SMILES string of the molecule is CC(C)(C)OC(=O)NCCCCOCCOCCOCCOCCOCCOCCOCCOCCO. The number of aliphatic hydroxyl groups excluding tert-OH is 1. The van der Waals surface area contributed by atoms with Crippen molar-refractivity contribution in [2.45, 2.75) is 39.2 Å². The fraction of sp³-hybridized carbons (Fsp3) is 0.960. The van der Waals surface area contributed by atoms with E-state index >= 15 is 0 Å². The minimum Gasteiger partial charge on any atom is -0.444 e. The number of carbonyl (C=O) groups excluding carboxylic acids is 1. The number of amides is 1. The molecule has 0 aliphatic carbocycles. The second-order valence-electron chi connectivity index (χ2n) is 8.76. The van der Waals surface area contributed by atoms with Gasteiger partial charge in [-0.3, -0.25) is 0 Å². The summed E-state index contributed by atoms with van der Waals surface area (Å²) in [5.41, 5.74) is -0.477. The molecule has 0 aromatic carbocycles. The maximum Gasteiger partial charge on any atom is 0.407 e. The fourth-order valence-electron chi connectivity index (χ4n) is 2.54. The normalized spacial score (nSPS) is 11.7. The molecule has 0 aromatic rings. The quantitative estimate of drug-likeness (QED) is 0.139. The van der Waals surface area contributed by atoms with Crippen molar-refractivity contribution in [3.63, 3.8) is 0 Å². The molecule has 0 fully saturated rings. The van der Waals surface area contributed by atoms with Crippen LogP contribution < -0.4 is 5.32 Å². The van der Waals surface area contributed by atoms with Gasteiger partial charge in [0.15, 0.2) is 0 Å². The number of nitrogens with one attached hydrogen (secondary N) is 1. The van der Waals surface area contributed by atoms with Crippen LogP contribution in [0.5, 0.6) is 0 Å². The van der Waals surface area contributed by atoms with Gasteiger partial charge < -0.3 is 53.1 Å². The molecule has 12 heteroatoms. The zero-order valence-electron chi connectivity index (χ0n) is 23.2. The van der Waals surface area contributed by atoms with Crippen LogP contribution in [0.1, 0.15) is 33.6 Å². The van der Waals surface area contributed by atoms with Gasteiger partial charge in [-0.25, -0.2) is 4.79 Å². The second kappa shape index (κ2) is 27.9. The fourth-order valence-corrected chi connectivity index (χ4v) is 2.54. The number of alkyl carbamates (subject to hydrolysis) is 1. The summed E-state index contributed by atoms with van der Waals surface area (Å²) < 4.78 is 48.2. The molecule has 0 heterocycles. The Bertz CT molecular complexity index is 478. The summed E-state index contributed by atoms with van der Waals surface area (Å²) in [6.45, 7) is 14.1. The minimum absolute atomic E-state index is 0.0253. The number of aliphatic hydroxyl groups is 1. The molecule has 0 aliphatic heterocycles. The van der Waals surface area contributed by atoms with E-state index in [4.69, 9.17) is 47.7 Å². The van der Waals surface area contributed by atoms with Gasteiger partial charge in [-0.05, 0) is 33.6 Å². The summed E-state index contributed by atoms with van der Waals surface area (Å²) in [5, 5.41) is 11.3. The van der Waals surface area contributed by atoms with E-state index in [-0.39, 0.29) is 12.7 Å². The molecule has 0 aromatic heterocycles. The molecule has 0 unspecified atom stereocenters. The molecule has 37 heavy (non-hydrogen) atoms. The summed E-state index contributed by atoms with van der Waals surface area (Å²) in [7, 11) is 0. The molecule has 0 atom stereocenters. The number of rotatable bonds is 28. The van der Waals surface area contributed by atoms with Gasteiger partial charge in [-0.15, -0.1) is 0 Å². The monoisotopic (exact) mass is 541 g/mol. The Balaban J connectivity index is 3.09. The summed E-state index contributed by atoms with van der Waals surface area (Å²) in [6.07, 6.45) is 1.30. The third-order valence-electron chi connectivity index (χ3n) is 4.22. The maximum atomic E-state index is 11.5. The van der Waals surface area contributed by atoms with Crippen LogP contribution in [0.2, 0.25) is 0 Å². The first-order valence-electron chi connectivity index (χ1n) is 13.2. The molecule has 0 bridgehead atoms. The van der Waals surface area contributed by atoms with Crippen LogP contribution in [0, 0.1) is 0 Å². The van der Waals surface area contributed by atoms with Gasteiger partial charge >= 0.3 is 6.09 Å². The van der Waals surface area contributed by atoms with Gasteiger partial charge in [-0.2, -0.15) is 0 Å². The average molecular weight is 542 g/mol. The van der Waals surface area contributed by atoms with Gasteiger partial charge in [0.1, 0.15) is 5.60 Å². The van der Waals surface area contributed by atoms with Crippen molar-refractivity contribution in [3.8, 4) is 0 Å². The highest BCUT2D eigenvalue weighted by atomic mass is 16.6. The van der Waals surface area contributed by atoms with Crippen molar-refractivity contribution in [1.82, 2.24) is 5.32 Å². The van der Waals surface area contributed by atoms with Crippen LogP contribution in [-0.2, 0) is 42.6 Å². The van der Waals surface area contributed by atoms with E-state index in [1.165, 1.54) is 0 Å². The second-order valence-corrected chi connectivity index (χ2v) is 8.76. The van der Waals surface area contributed by atoms with E-state index in [1.807, 2.05) is 20.8 Å². The van der Waals surface area contributed by atoms with Crippen molar-refractivity contribution < 1.29 is 52.5 Å². The molecule has 12 nitrogen and oxygen atoms in total. The number of unbranched alkanes of at least 4 members (excludes halogenated alkanes) is 1. The Hall–Kier alpha value is -1.09. The van der Waals surface area contributed by atoms with Crippen molar-refractivity contribution >= 4 is 6.09 Å². The summed E-state index contributed by atoms with van der Waals surface area (Å²) in [4.78, 5) is 11.5. The molecule has 0 aliphatic rings. The molecule has 0 rings (SSSR count). The standard InChI is InChI=1S/C25H51NO11/c1-25(2,3)37-24(28)26-6-4-5-8-29-10-12-31-14-16-33-18-20-35-22-23-36-21-19-34-17-15-32-13-11-30-9-7-27/h27H,4-23H2,1-3H3,(H,26,28). The van der Waals surface area contributed by atoms with Gasteiger partial charge in [0.25, 0.3) is 0 Å². The van der Waals surface area contributed by atoms with E-state index in [1.54, 1.807) is 0 Å². The molecule has 0 saturated carbocycles. The molecule has 0 radical (unpaired) electrons. The van der Waals surface area contributed by atoms with Crippen LogP contribution in [0.3, 0.4) is 0 Å². The van der Waals surface area contributed by atoms with E-state index in [0.29, 0.717) is 112 Å². The predicted octanol–water partition coefficient (Wildman–Crippen LogP) is 1.42. The van der Waals surface area contributed by atoms with Gasteiger partial charge in [-0.1, -0.05) is 0 Å². The zero-order chi connectivity index (χ0) is 27.3. The lowest BCUT2D eigenvalue weighted by Gasteiger charge is -2.19. The van der Waals surface area contributed by atoms with Crippen molar-refractivity contribution in [1.29, 1.82) is 0 Å². The van der Waals surface area contributed by atoms with Crippen molar-refractivity contribution in [3.05, 3.63) is 0 Å². The Morgan fingerprint density at radius 1 is 0.541 bits per heavy atom. The smallest absolute Gasteiger partial charge is 0.407 e.